The molecule has 3 N–H and O–H groups in total. The second-order valence-electron chi connectivity index (χ2n) is 5.73. The average Bonchev–Trinajstić information content (AvgIpc) is 2.94. The number of fused-ring (bicyclic) bond motifs is 3. The van der Waals surface area contributed by atoms with Gasteiger partial charge in [-0.2, -0.15) is 0 Å². The van der Waals surface area contributed by atoms with E-state index in [0.717, 1.165) is 24.4 Å². The van der Waals surface area contributed by atoms with Crippen LogP contribution in [0, 0.1) is 5.92 Å². The molecule has 0 saturated heterocycles. The van der Waals surface area contributed by atoms with Crippen molar-refractivity contribution in [3.8, 4) is 11.3 Å². The topological polar surface area (TPSA) is 54.7 Å². The van der Waals surface area contributed by atoms with Gasteiger partial charge in [0.15, 0.2) is 0 Å². The zero-order valence-corrected chi connectivity index (χ0v) is 11.3. The number of aryl methyl sites for hydroxylation is 2. The van der Waals surface area contributed by atoms with Gasteiger partial charge in [-0.3, -0.25) is 0 Å². The molecule has 2 aromatic rings. The van der Waals surface area contributed by atoms with Gasteiger partial charge in [0.2, 0.25) is 0 Å². The van der Waals surface area contributed by atoms with E-state index in [1.54, 1.807) is 0 Å². The molecule has 1 unspecified atom stereocenters. The average molecular weight is 259 g/mol. The minimum atomic E-state index is -0.284. The number of nitrogens with one attached hydrogen (secondary N) is 1. The summed E-state index contributed by atoms with van der Waals surface area (Å²) in [5.41, 5.74) is 9.91. The number of aromatic nitrogens is 2. The zero-order chi connectivity index (χ0) is 12.3. The van der Waals surface area contributed by atoms with Gasteiger partial charge in [0.1, 0.15) is 5.82 Å². The van der Waals surface area contributed by atoms with Crippen molar-refractivity contribution in [2.75, 3.05) is 0 Å². The number of aromatic amines is 1. The summed E-state index contributed by atoms with van der Waals surface area (Å²) < 4.78 is 0. The molecule has 2 aliphatic carbocycles. The van der Waals surface area contributed by atoms with Crippen LogP contribution >= 0.6 is 11.3 Å². The first-order valence-corrected chi connectivity index (χ1v) is 7.49. The quantitative estimate of drug-likeness (QED) is 0.871. The minimum Gasteiger partial charge on any atom is -0.344 e. The second-order valence-corrected chi connectivity index (χ2v) is 6.73. The van der Waals surface area contributed by atoms with Crippen molar-refractivity contribution >= 4 is 11.3 Å². The molecule has 0 amide bonds. The van der Waals surface area contributed by atoms with Gasteiger partial charge in [-0.15, -0.1) is 11.3 Å². The normalized spacial score (nSPS) is 21.2. The number of hydrogen-bond donors (Lipinski definition) is 2. The molecule has 0 bridgehead atoms. The van der Waals surface area contributed by atoms with Crippen LogP contribution < -0.4 is 5.73 Å². The van der Waals surface area contributed by atoms with E-state index >= 15 is 0 Å². The Morgan fingerprint density at radius 3 is 3.06 bits per heavy atom. The predicted octanol–water partition coefficient (Wildman–Crippen LogP) is 2.82. The van der Waals surface area contributed by atoms with E-state index in [1.165, 1.54) is 29.0 Å². The highest BCUT2D eigenvalue weighted by Gasteiger charge is 2.42. The van der Waals surface area contributed by atoms with Crippen molar-refractivity contribution in [1.29, 1.82) is 0 Å². The highest BCUT2D eigenvalue weighted by molar-refractivity contribution is 7.10. The van der Waals surface area contributed by atoms with E-state index in [4.69, 9.17) is 10.7 Å². The van der Waals surface area contributed by atoms with Crippen molar-refractivity contribution in [3.63, 3.8) is 0 Å². The molecule has 0 spiro atoms. The van der Waals surface area contributed by atoms with Gasteiger partial charge in [0, 0.05) is 16.1 Å². The van der Waals surface area contributed by atoms with Crippen LogP contribution in [0.5, 0.6) is 0 Å². The molecule has 0 aliphatic heterocycles. The van der Waals surface area contributed by atoms with Gasteiger partial charge in [0.05, 0.1) is 11.2 Å². The van der Waals surface area contributed by atoms with Crippen LogP contribution in [0.25, 0.3) is 11.3 Å². The van der Waals surface area contributed by atoms with Crippen LogP contribution in [0.2, 0.25) is 0 Å². The molecule has 0 aromatic carbocycles. The third kappa shape index (κ3) is 1.42. The highest BCUT2D eigenvalue weighted by atomic mass is 32.1. The van der Waals surface area contributed by atoms with Gasteiger partial charge in [-0.1, -0.05) is 0 Å². The molecule has 1 fully saturated rings. The lowest BCUT2D eigenvalue weighted by Gasteiger charge is -2.21. The lowest BCUT2D eigenvalue weighted by Crippen LogP contribution is -2.36. The molecular formula is C14H17N3S. The fraction of sp³-hybridized carbons (Fsp3) is 0.500. The maximum absolute atomic E-state index is 6.46. The second kappa shape index (κ2) is 3.45. The molecule has 3 nitrogen and oxygen atoms in total. The van der Waals surface area contributed by atoms with E-state index in [1.807, 2.05) is 11.3 Å². The summed E-state index contributed by atoms with van der Waals surface area (Å²) in [5, 5.41) is 2.16. The number of thiophene rings is 1. The lowest BCUT2D eigenvalue weighted by molar-refractivity contribution is 0.403. The summed E-state index contributed by atoms with van der Waals surface area (Å²) >= 11 is 1.84. The van der Waals surface area contributed by atoms with E-state index in [0.29, 0.717) is 5.92 Å². The van der Waals surface area contributed by atoms with Crippen molar-refractivity contribution in [1.82, 2.24) is 9.97 Å². The first-order valence-electron chi connectivity index (χ1n) is 6.61. The number of rotatable bonds is 2. The summed E-state index contributed by atoms with van der Waals surface area (Å²) in [7, 11) is 0. The SMILES string of the molecule is CC(N)(c1nc2c([nH]1)CCc1sccc1-2)C1CC1. The Morgan fingerprint density at radius 1 is 1.44 bits per heavy atom. The molecule has 4 heteroatoms. The summed E-state index contributed by atoms with van der Waals surface area (Å²) in [6.07, 6.45) is 4.67. The summed E-state index contributed by atoms with van der Waals surface area (Å²) in [5.74, 6) is 1.58. The standard InChI is InChI=1S/C14H17N3S/c1-14(15,8-2-3-8)13-16-10-4-5-11-9(6-7-18-11)12(10)17-13/h6-8H,2-5,15H2,1H3,(H,16,17). The molecule has 1 saturated carbocycles. The van der Waals surface area contributed by atoms with Crippen LogP contribution in [0.4, 0.5) is 0 Å². The summed E-state index contributed by atoms with van der Waals surface area (Å²) in [4.78, 5) is 9.78. The Balaban J connectivity index is 1.82. The number of nitrogens with zero attached hydrogens (tertiary/aromatic N) is 1. The maximum Gasteiger partial charge on any atom is 0.127 e. The van der Waals surface area contributed by atoms with Gasteiger partial charge < -0.3 is 10.7 Å². The van der Waals surface area contributed by atoms with Gasteiger partial charge in [0.25, 0.3) is 0 Å². The number of hydrogen-bond acceptors (Lipinski definition) is 3. The first-order chi connectivity index (χ1) is 8.66. The van der Waals surface area contributed by atoms with E-state index in [2.05, 4.69) is 23.4 Å². The largest absolute Gasteiger partial charge is 0.344 e. The van der Waals surface area contributed by atoms with Crippen molar-refractivity contribution in [2.24, 2.45) is 11.7 Å². The van der Waals surface area contributed by atoms with Gasteiger partial charge in [-0.05, 0) is 50.0 Å². The Labute approximate surface area is 110 Å². The molecule has 94 valence electrons. The molecule has 1 atom stereocenters. The number of imidazole rings is 1. The molecule has 2 heterocycles. The Kier molecular flexibility index (Phi) is 2.07. The van der Waals surface area contributed by atoms with Crippen LogP contribution in [0.1, 0.15) is 36.2 Å². The van der Waals surface area contributed by atoms with Gasteiger partial charge in [-0.25, -0.2) is 4.98 Å². The van der Waals surface area contributed by atoms with Crippen LogP contribution in [0.15, 0.2) is 11.4 Å². The lowest BCUT2D eigenvalue weighted by atomic mass is 9.97. The molecular weight excluding hydrogens is 242 g/mol. The predicted molar refractivity (Wildman–Crippen MR) is 73.6 cm³/mol. The van der Waals surface area contributed by atoms with Crippen LogP contribution in [-0.4, -0.2) is 9.97 Å². The van der Waals surface area contributed by atoms with Crippen LogP contribution in [-0.2, 0) is 18.4 Å². The molecule has 2 aliphatic rings. The third-order valence-corrected chi connectivity index (χ3v) is 5.30. The number of nitrogens with two attached hydrogens (primary N) is 1. The van der Waals surface area contributed by atoms with Crippen molar-refractivity contribution in [2.45, 2.75) is 38.1 Å². The minimum absolute atomic E-state index is 0.284. The molecule has 18 heavy (non-hydrogen) atoms. The first kappa shape index (κ1) is 10.8. The van der Waals surface area contributed by atoms with Gasteiger partial charge >= 0.3 is 0 Å². The summed E-state index contributed by atoms with van der Waals surface area (Å²) in [6.45, 7) is 2.11. The van der Waals surface area contributed by atoms with Crippen molar-refractivity contribution in [3.05, 3.63) is 27.8 Å². The monoisotopic (exact) mass is 259 g/mol. The molecule has 2 aromatic heterocycles. The Hall–Kier alpha value is -1.13. The van der Waals surface area contributed by atoms with Crippen molar-refractivity contribution < 1.29 is 0 Å². The number of H-pyrrole nitrogens is 1. The molecule has 0 radical (unpaired) electrons. The maximum atomic E-state index is 6.46. The Morgan fingerprint density at radius 2 is 2.28 bits per heavy atom. The fourth-order valence-corrected chi connectivity index (χ4v) is 3.81. The smallest absolute Gasteiger partial charge is 0.127 e. The highest BCUT2D eigenvalue weighted by Crippen LogP contribution is 2.44. The van der Waals surface area contributed by atoms with Crippen LogP contribution in [0.3, 0.4) is 0 Å². The van der Waals surface area contributed by atoms with E-state index in [-0.39, 0.29) is 5.54 Å². The van der Waals surface area contributed by atoms with E-state index < -0.39 is 0 Å². The third-order valence-electron chi connectivity index (χ3n) is 4.32. The zero-order valence-electron chi connectivity index (χ0n) is 10.5. The summed E-state index contributed by atoms with van der Waals surface area (Å²) in [6, 6.07) is 2.19. The fourth-order valence-electron chi connectivity index (χ4n) is 2.93. The Bertz CT molecular complexity index is 604. The van der Waals surface area contributed by atoms with E-state index in [9.17, 15) is 0 Å². The molecule has 4 rings (SSSR count).